The van der Waals surface area contributed by atoms with Gasteiger partial charge in [0.1, 0.15) is 11.9 Å². The quantitative estimate of drug-likeness (QED) is 0.510. The van der Waals surface area contributed by atoms with Gasteiger partial charge in [-0.1, -0.05) is 19.4 Å². The van der Waals surface area contributed by atoms with Gasteiger partial charge in [0.2, 0.25) is 0 Å². The first-order valence-electron chi connectivity index (χ1n) is 10.4. The number of unbranched alkanes of at least 4 members (excludes halogenated alkanes) is 1. The van der Waals surface area contributed by atoms with E-state index in [-0.39, 0.29) is 13.0 Å². The van der Waals surface area contributed by atoms with Crippen molar-refractivity contribution >= 4 is 17.9 Å². The highest BCUT2D eigenvalue weighted by Crippen LogP contribution is 2.20. The number of fused-ring (bicyclic) bond motifs is 1. The number of aliphatic carboxylic acids is 1. The third kappa shape index (κ3) is 6.20. The summed E-state index contributed by atoms with van der Waals surface area (Å²) in [4.78, 5) is 27.9. The Morgan fingerprint density at radius 1 is 1.40 bits per heavy atom. The molecule has 0 radical (unpaired) electrons. The van der Waals surface area contributed by atoms with E-state index >= 15 is 0 Å². The Hall–Kier alpha value is -3.10. The number of aryl methyl sites for hydroxylation is 3. The van der Waals surface area contributed by atoms with Gasteiger partial charge >= 0.3 is 12.1 Å². The number of carbonyl (C=O) groups excluding carboxylic acids is 1. The summed E-state index contributed by atoms with van der Waals surface area (Å²) in [5, 5.41) is 19.4. The molecular formula is C21H29N5O4. The number of anilines is 1. The number of carbonyl (C=O) groups is 2. The molecule has 9 nitrogen and oxygen atoms in total. The molecule has 2 aromatic rings. The van der Waals surface area contributed by atoms with Crippen molar-refractivity contribution in [1.29, 1.82) is 0 Å². The van der Waals surface area contributed by atoms with Crippen LogP contribution in [0, 0.1) is 0 Å². The normalized spacial score (nSPS) is 13.8. The Morgan fingerprint density at radius 3 is 3.07 bits per heavy atom. The summed E-state index contributed by atoms with van der Waals surface area (Å²) < 4.78 is 6.75. The maximum absolute atomic E-state index is 11.8. The van der Waals surface area contributed by atoms with Crippen LogP contribution in [-0.4, -0.2) is 51.1 Å². The highest BCUT2D eigenvalue weighted by molar-refractivity contribution is 5.80. The number of carboxylic acids is 1. The number of hydrogen-bond donors (Lipinski definition) is 3. The average Bonchev–Trinajstić information content (AvgIpc) is 3.19. The van der Waals surface area contributed by atoms with Crippen LogP contribution < -0.4 is 10.6 Å². The van der Waals surface area contributed by atoms with Crippen LogP contribution in [0.1, 0.15) is 43.0 Å². The van der Waals surface area contributed by atoms with Crippen LogP contribution >= 0.6 is 0 Å². The van der Waals surface area contributed by atoms with E-state index < -0.39 is 18.1 Å². The molecule has 30 heavy (non-hydrogen) atoms. The summed E-state index contributed by atoms with van der Waals surface area (Å²) in [6, 6.07) is 3.11. The fourth-order valence-corrected chi connectivity index (χ4v) is 3.30. The smallest absolute Gasteiger partial charge is 0.407 e. The zero-order chi connectivity index (χ0) is 21.3. The fraction of sp³-hybridized carbons (Fsp3) is 0.524. The monoisotopic (exact) mass is 415 g/mol. The molecule has 162 valence electrons. The molecule has 1 atom stereocenters. The maximum atomic E-state index is 11.8. The first-order valence-corrected chi connectivity index (χ1v) is 10.4. The number of pyridine rings is 1. The molecule has 0 saturated heterocycles. The minimum absolute atomic E-state index is 0.138. The van der Waals surface area contributed by atoms with Crippen molar-refractivity contribution < 1.29 is 19.4 Å². The summed E-state index contributed by atoms with van der Waals surface area (Å²) in [5.74, 6) is -0.137. The third-order valence-electron chi connectivity index (χ3n) is 5.00. The number of rotatable bonds is 10. The van der Waals surface area contributed by atoms with Crippen molar-refractivity contribution in [2.45, 2.75) is 58.0 Å². The van der Waals surface area contributed by atoms with Crippen LogP contribution in [-0.2, 0) is 35.3 Å². The van der Waals surface area contributed by atoms with Gasteiger partial charge in [0, 0.05) is 37.8 Å². The fourth-order valence-electron chi connectivity index (χ4n) is 3.30. The largest absolute Gasteiger partial charge is 0.480 e. The van der Waals surface area contributed by atoms with Gasteiger partial charge in [0.15, 0.2) is 0 Å². The zero-order valence-corrected chi connectivity index (χ0v) is 17.3. The standard InChI is InChI=1S/C21H29N5O4/c1-2-3-11-30-21(29)25-18(20(27)28)12-15-13-23-26(14-15)10-8-17-7-6-16-5-4-9-22-19(16)24-17/h6-7,13-14,18H,2-5,8-12H2,1H3,(H,22,24)(H,25,29)(H,27,28). The molecule has 1 unspecified atom stereocenters. The minimum atomic E-state index is -1.11. The van der Waals surface area contributed by atoms with Gasteiger partial charge in [-0.3, -0.25) is 4.68 Å². The molecule has 0 fully saturated rings. The average molecular weight is 415 g/mol. The van der Waals surface area contributed by atoms with Gasteiger partial charge < -0.3 is 20.5 Å². The minimum Gasteiger partial charge on any atom is -0.480 e. The lowest BCUT2D eigenvalue weighted by Crippen LogP contribution is -2.42. The van der Waals surface area contributed by atoms with Crippen molar-refractivity contribution in [2.75, 3.05) is 18.5 Å². The van der Waals surface area contributed by atoms with Crippen LogP contribution in [0.5, 0.6) is 0 Å². The molecule has 0 aliphatic carbocycles. The van der Waals surface area contributed by atoms with Crippen molar-refractivity contribution in [3.8, 4) is 0 Å². The number of nitrogens with zero attached hydrogens (tertiary/aromatic N) is 3. The van der Waals surface area contributed by atoms with E-state index in [1.165, 1.54) is 5.56 Å². The van der Waals surface area contributed by atoms with E-state index in [9.17, 15) is 14.7 Å². The number of carboxylic acid groups (broad SMARTS) is 1. The Labute approximate surface area is 175 Å². The second-order valence-corrected chi connectivity index (χ2v) is 7.43. The first kappa shape index (κ1) is 21.6. The van der Waals surface area contributed by atoms with Gasteiger partial charge in [0.25, 0.3) is 0 Å². The molecule has 1 aliphatic heterocycles. The Bertz CT molecular complexity index is 867. The van der Waals surface area contributed by atoms with Crippen LogP contribution in [0.15, 0.2) is 24.5 Å². The van der Waals surface area contributed by atoms with E-state index in [1.54, 1.807) is 17.1 Å². The Kier molecular flexibility index (Phi) is 7.64. The summed E-state index contributed by atoms with van der Waals surface area (Å²) in [6.07, 6.45) is 7.41. The van der Waals surface area contributed by atoms with Crippen LogP contribution in [0.3, 0.4) is 0 Å². The number of ether oxygens (including phenoxy) is 1. The number of amides is 1. The molecular weight excluding hydrogens is 386 g/mol. The molecule has 0 bridgehead atoms. The van der Waals surface area contributed by atoms with Crippen molar-refractivity contribution in [3.63, 3.8) is 0 Å². The lowest BCUT2D eigenvalue weighted by Gasteiger charge is -2.17. The van der Waals surface area contributed by atoms with E-state index in [1.807, 2.05) is 13.0 Å². The van der Waals surface area contributed by atoms with Crippen LogP contribution in [0.2, 0.25) is 0 Å². The van der Waals surface area contributed by atoms with Gasteiger partial charge in [0.05, 0.1) is 12.8 Å². The molecule has 9 heteroatoms. The van der Waals surface area contributed by atoms with Gasteiger partial charge in [-0.25, -0.2) is 14.6 Å². The van der Waals surface area contributed by atoms with Gasteiger partial charge in [-0.05, 0) is 36.5 Å². The predicted molar refractivity (Wildman–Crippen MR) is 111 cm³/mol. The first-order chi connectivity index (χ1) is 14.5. The second kappa shape index (κ2) is 10.6. The topological polar surface area (TPSA) is 118 Å². The number of aromatic nitrogens is 3. The van der Waals surface area contributed by atoms with Crippen LogP contribution in [0.25, 0.3) is 0 Å². The summed E-state index contributed by atoms with van der Waals surface area (Å²) in [5.41, 5.74) is 2.98. The van der Waals surface area contributed by atoms with Gasteiger partial charge in [-0.2, -0.15) is 5.10 Å². The molecule has 3 N–H and O–H groups in total. The molecule has 0 spiro atoms. The SMILES string of the molecule is CCCCOC(=O)NC(Cc1cnn(CCc2ccc3c(n2)NCCC3)c1)C(=O)O. The van der Waals surface area contributed by atoms with E-state index in [4.69, 9.17) is 4.74 Å². The zero-order valence-electron chi connectivity index (χ0n) is 17.3. The Balaban J connectivity index is 1.52. The van der Waals surface area contributed by atoms with Crippen LogP contribution in [0.4, 0.5) is 10.6 Å². The molecule has 3 heterocycles. The molecule has 1 amide bonds. The highest BCUT2D eigenvalue weighted by Gasteiger charge is 2.22. The van der Waals surface area contributed by atoms with Gasteiger partial charge in [-0.15, -0.1) is 0 Å². The second-order valence-electron chi connectivity index (χ2n) is 7.43. The maximum Gasteiger partial charge on any atom is 0.407 e. The number of hydrogen-bond acceptors (Lipinski definition) is 6. The van der Waals surface area contributed by atoms with Crippen molar-refractivity contribution in [3.05, 3.63) is 41.3 Å². The predicted octanol–water partition coefficient (Wildman–Crippen LogP) is 2.40. The highest BCUT2D eigenvalue weighted by atomic mass is 16.5. The molecule has 2 aromatic heterocycles. The van der Waals surface area contributed by atoms with E-state index in [2.05, 4.69) is 26.8 Å². The molecule has 0 saturated carbocycles. The molecule has 3 rings (SSSR count). The number of alkyl carbamates (subject to hydrolysis) is 1. The summed E-state index contributed by atoms with van der Waals surface area (Å²) in [7, 11) is 0. The van der Waals surface area contributed by atoms with E-state index in [0.717, 1.165) is 55.7 Å². The van der Waals surface area contributed by atoms with Crippen molar-refractivity contribution in [2.24, 2.45) is 0 Å². The Morgan fingerprint density at radius 2 is 2.27 bits per heavy atom. The molecule has 0 aromatic carbocycles. The lowest BCUT2D eigenvalue weighted by atomic mass is 10.1. The number of nitrogens with one attached hydrogen (secondary N) is 2. The third-order valence-corrected chi connectivity index (χ3v) is 5.00. The van der Waals surface area contributed by atoms with Crippen molar-refractivity contribution in [1.82, 2.24) is 20.1 Å². The molecule has 1 aliphatic rings. The van der Waals surface area contributed by atoms with E-state index in [0.29, 0.717) is 6.54 Å². The summed E-state index contributed by atoms with van der Waals surface area (Å²) in [6.45, 7) is 3.85. The summed E-state index contributed by atoms with van der Waals surface area (Å²) >= 11 is 0. The lowest BCUT2D eigenvalue weighted by molar-refractivity contribution is -0.139.